The summed E-state index contributed by atoms with van der Waals surface area (Å²) in [5.41, 5.74) is 0. The van der Waals surface area contributed by atoms with E-state index in [0.717, 1.165) is 25.9 Å². The fraction of sp³-hybridized carbons (Fsp3) is 0.900. The number of hydrogen-bond donors (Lipinski definition) is 3. The molecule has 4 nitrogen and oxygen atoms in total. The van der Waals surface area contributed by atoms with Crippen LogP contribution in [0.25, 0.3) is 0 Å². The highest BCUT2D eigenvalue weighted by atomic mass is 16.4. The molecule has 2 fully saturated rings. The fourth-order valence-corrected chi connectivity index (χ4v) is 2.99. The number of aliphatic hydroxyl groups excluding tert-OH is 1. The van der Waals surface area contributed by atoms with Gasteiger partial charge in [-0.05, 0) is 43.7 Å². The summed E-state index contributed by atoms with van der Waals surface area (Å²) in [6, 6.07) is 0. The smallest absolute Gasteiger partial charge is 0.303 e. The summed E-state index contributed by atoms with van der Waals surface area (Å²) in [5, 5.41) is 21.7. The molecule has 80 valence electrons. The monoisotopic (exact) mass is 199 g/mol. The lowest BCUT2D eigenvalue weighted by Gasteiger charge is -2.44. The number of rotatable bonds is 2. The molecule has 1 saturated heterocycles. The Morgan fingerprint density at radius 3 is 2.36 bits per heavy atom. The minimum absolute atomic E-state index is 0.211. The number of aliphatic hydroxyl groups is 1. The van der Waals surface area contributed by atoms with E-state index in [-0.39, 0.29) is 18.4 Å². The molecule has 0 aromatic rings. The number of aliphatic carboxylic acids is 1. The minimum Gasteiger partial charge on any atom is -0.481 e. The lowest BCUT2D eigenvalue weighted by atomic mass is 9.67. The molecular weight excluding hydrogens is 182 g/mol. The molecule has 0 amide bonds. The van der Waals surface area contributed by atoms with Gasteiger partial charge in [-0.15, -0.1) is 0 Å². The lowest BCUT2D eigenvalue weighted by molar-refractivity contribution is -0.140. The van der Waals surface area contributed by atoms with E-state index in [4.69, 9.17) is 5.11 Å². The number of fused-ring (bicyclic) bond motifs is 2. The maximum atomic E-state index is 10.7. The molecule has 2 rings (SSSR count). The summed E-state index contributed by atoms with van der Waals surface area (Å²) in [7, 11) is 0. The van der Waals surface area contributed by atoms with Crippen LogP contribution in [0.15, 0.2) is 0 Å². The van der Waals surface area contributed by atoms with E-state index in [0.29, 0.717) is 11.8 Å². The molecule has 2 unspecified atom stereocenters. The quantitative estimate of drug-likeness (QED) is 0.588. The summed E-state index contributed by atoms with van der Waals surface area (Å²) in [5.74, 6) is 0.280. The Hall–Kier alpha value is -0.610. The number of piperidine rings is 1. The zero-order valence-electron chi connectivity index (χ0n) is 8.15. The van der Waals surface area contributed by atoms with Crippen LogP contribution >= 0.6 is 0 Å². The van der Waals surface area contributed by atoms with Gasteiger partial charge in [0.25, 0.3) is 0 Å². The molecule has 1 aliphatic carbocycles. The SMILES string of the molecule is O=C(O)CC1C2CNCC1CC(O)C2. The lowest BCUT2D eigenvalue weighted by Crippen LogP contribution is -2.50. The van der Waals surface area contributed by atoms with E-state index >= 15 is 0 Å². The van der Waals surface area contributed by atoms with Crippen LogP contribution in [0.4, 0.5) is 0 Å². The van der Waals surface area contributed by atoms with E-state index in [1.807, 2.05) is 0 Å². The van der Waals surface area contributed by atoms with Gasteiger partial charge < -0.3 is 15.5 Å². The van der Waals surface area contributed by atoms with Crippen LogP contribution in [0, 0.1) is 17.8 Å². The molecule has 0 aromatic heterocycles. The fourth-order valence-electron chi connectivity index (χ4n) is 2.99. The Labute approximate surface area is 83.3 Å². The number of nitrogens with one attached hydrogen (secondary N) is 1. The highest BCUT2D eigenvalue weighted by Gasteiger charge is 2.40. The van der Waals surface area contributed by atoms with E-state index in [1.165, 1.54) is 0 Å². The largest absolute Gasteiger partial charge is 0.481 e. The number of carboxylic acid groups (broad SMARTS) is 1. The first-order valence-electron chi connectivity index (χ1n) is 5.27. The number of hydrogen-bond acceptors (Lipinski definition) is 3. The molecule has 0 spiro atoms. The second-order valence-corrected chi connectivity index (χ2v) is 4.57. The first-order valence-corrected chi connectivity index (χ1v) is 5.27. The maximum absolute atomic E-state index is 10.7. The molecule has 1 saturated carbocycles. The van der Waals surface area contributed by atoms with Crippen molar-refractivity contribution in [2.45, 2.75) is 25.4 Å². The van der Waals surface area contributed by atoms with Gasteiger partial charge >= 0.3 is 5.97 Å². The molecule has 14 heavy (non-hydrogen) atoms. The predicted octanol–water partition coefficient (Wildman–Crippen LogP) is 0.0676. The van der Waals surface area contributed by atoms with Crippen LogP contribution in [0.1, 0.15) is 19.3 Å². The Kier molecular flexibility index (Phi) is 2.74. The van der Waals surface area contributed by atoms with Crippen molar-refractivity contribution in [2.24, 2.45) is 17.8 Å². The summed E-state index contributed by atoms with van der Waals surface area (Å²) in [6.07, 6.45) is 1.59. The van der Waals surface area contributed by atoms with E-state index < -0.39 is 5.97 Å². The van der Waals surface area contributed by atoms with Gasteiger partial charge in [-0.25, -0.2) is 0 Å². The van der Waals surface area contributed by atoms with Crippen LogP contribution in [0.2, 0.25) is 0 Å². The second kappa shape index (κ2) is 3.87. The van der Waals surface area contributed by atoms with Crippen molar-refractivity contribution in [3.8, 4) is 0 Å². The first-order chi connectivity index (χ1) is 6.66. The van der Waals surface area contributed by atoms with Crippen LogP contribution in [-0.4, -0.2) is 35.4 Å². The minimum atomic E-state index is -0.705. The summed E-state index contributed by atoms with van der Waals surface area (Å²) < 4.78 is 0. The van der Waals surface area contributed by atoms with Gasteiger partial charge in [-0.2, -0.15) is 0 Å². The van der Waals surface area contributed by atoms with Crippen molar-refractivity contribution < 1.29 is 15.0 Å². The third kappa shape index (κ3) is 1.91. The van der Waals surface area contributed by atoms with Crippen molar-refractivity contribution >= 4 is 5.97 Å². The van der Waals surface area contributed by atoms with Gasteiger partial charge in [0.05, 0.1) is 6.10 Å². The summed E-state index contributed by atoms with van der Waals surface area (Å²) in [6.45, 7) is 1.73. The molecule has 4 heteroatoms. The highest BCUT2D eigenvalue weighted by molar-refractivity contribution is 5.67. The summed E-state index contributed by atoms with van der Waals surface area (Å²) in [4.78, 5) is 10.7. The molecule has 3 N–H and O–H groups in total. The van der Waals surface area contributed by atoms with Gasteiger partial charge in [0.15, 0.2) is 0 Å². The van der Waals surface area contributed by atoms with Crippen molar-refractivity contribution in [2.75, 3.05) is 13.1 Å². The van der Waals surface area contributed by atoms with Gasteiger partial charge in [0, 0.05) is 6.42 Å². The molecule has 0 aromatic carbocycles. The van der Waals surface area contributed by atoms with Gasteiger partial charge in [0.2, 0.25) is 0 Å². The maximum Gasteiger partial charge on any atom is 0.303 e. The Balaban J connectivity index is 2.04. The van der Waals surface area contributed by atoms with Crippen LogP contribution in [-0.2, 0) is 4.79 Å². The molecule has 2 aliphatic rings. The Bertz CT molecular complexity index is 217. The third-order valence-corrected chi connectivity index (χ3v) is 3.58. The van der Waals surface area contributed by atoms with E-state index in [1.54, 1.807) is 0 Å². The molecular formula is C10H17NO3. The average Bonchev–Trinajstić information content (AvgIpc) is 2.05. The molecule has 1 heterocycles. The van der Waals surface area contributed by atoms with Crippen molar-refractivity contribution in [1.29, 1.82) is 0 Å². The van der Waals surface area contributed by atoms with Crippen molar-refractivity contribution in [3.05, 3.63) is 0 Å². The second-order valence-electron chi connectivity index (χ2n) is 4.57. The molecule has 1 aliphatic heterocycles. The van der Waals surface area contributed by atoms with Crippen LogP contribution < -0.4 is 5.32 Å². The average molecular weight is 199 g/mol. The predicted molar refractivity (Wildman–Crippen MR) is 50.8 cm³/mol. The number of carbonyl (C=O) groups is 1. The third-order valence-electron chi connectivity index (χ3n) is 3.58. The van der Waals surface area contributed by atoms with Crippen molar-refractivity contribution in [3.63, 3.8) is 0 Å². The molecule has 0 radical (unpaired) electrons. The number of carboxylic acids is 1. The zero-order chi connectivity index (χ0) is 10.1. The van der Waals surface area contributed by atoms with Crippen molar-refractivity contribution in [1.82, 2.24) is 5.32 Å². The van der Waals surface area contributed by atoms with E-state index in [9.17, 15) is 9.90 Å². The first kappa shape index (κ1) is 9.93. The summed E-state index contributed by atoms with van der Waals surface area (Å²) >= 11 is 0. The molecule has 2 bridgehead atoms. The van der Waals surface area contributed by atoms with Gasteiger partial charge in [-0.3, -0.25) is 4.79 Å². The highest BCUT2D eigenvalue weighted by Crippen LogP contribution is 2.38. The standard InChI is InChI=1S/C10H17NO3/c12-8-1-6-4-11-5-7(2-8)9(6)3-10(13)14/h6-9,11-12H,1-5H2,(H,13,14). The van der Waals surface area contributed by atoms with Gasteiger partial charge in [0.1, 0.15) is 0 Å². The topological polar surface area (TPSA) is 69.6 Å². The van der Waals surface area contributed by atoms with Gasteiger partial charge in [-0.1, -0.05) is 0 Å². The zero-order valence-corrected chi connectivity index (χ0v) is 8.15. The van der Waals surface area contributed by atoms with E-state index in [2.05, 4.69) is 5.32 Å². The Morgan fingerprint density at radius 2 is 1.86 bits per heavy atom. The van der Waals surface area contributed by atoms with Crippen LogP contribution in [0.3, 0.4) is 0 Å². The molecule has 2 atom stereocenters. The normalized spacial score (nSPS) is 42.1. The Morgan fingerprint density at radius 1 is 1.29 bits per heavy atom. The van der Waals surface area contributed by atoms with Crippen LogP contribution in [0.5, 0.6) is 0 Å².